The smallest absolute Gasteiger partial charge is 0.142 e. The normalized spacial score (nSPS) is 10.8. The van der Waals surface area contributed by atoms with Crippen molar-refractivity contribution in [1.29, 1.82) is 5.26 Å². The van der Waals surface area contributed by atoms with Crippen LogP contribution in [0.5, 0.6) is 0 Å². The summed E-state index contributed by atoms with van der Waals surface area (Å²) >= 11 is 0. The van der Waals surface area contributed by atoms with Crippen LogP contribution in [-0.4, -0.2) is 6.21 Å². The van der Waals surface area contributed by atoms with Crippen molar-refractivity contribution in [2.24, 2.45) is 5.16 Å². The van der Waals surface area contributed by atoms with E-state index in [1.54, 1.807) is 24.4 Å². The number of nitrogens with zero attached hydrogens (tertiary/aromatic N) is 2. The Labute approximate surface area is 118 Å². The van der Waals surface area contributed by atoms with Crippen LogP contribution < -0.4 is 0 Å². The van der Waals surface area contributed by atoms with E-state index in [1.165, 1.54) is 0 Å². The van der Waals surface area contributed by atoms with Gasteiger partial charge in [-0.05, 0) is 29.3 Å². The van der Waals surface area contributed by atoms with Gasteiger partial charge in [-0.3, -0.25) is 0 Å². The lowest BCUT2D eigenvalue weighted by molar-refractivity contribution is 0.132. The Kier molecular flexibility index (Phi) is 5.12. The molecule has 2 aromatic carbocycles. The maximum absolute atomic E-state index is 8.69. The minimum Gasteiger partial charge on any atom is -0.391 e. The van der Waals surface area contributed by atoms with E-state index in [2.05, 4.69) is 11.2 Å². The lowest BCUT2D eigenvalue weighted by Crippen LogP contribution is -1.85. The van der Waals surface area contributed by atoms with Crippen LogP contribution in [0.3, 0.4) is 0 Å². The van der Waals surface area contributed by atoms with Gasteiger partial charge in [-0.25, -0.2) is 0 Å². The molecule has 0 bridgehead atoms. The van der Waals surface area contributed by atoms with Gasteiger partial charge in [-0.2, -0.15) is 5.26 Å². The number of rotatable bonds is 5. The van der Waals surface area contributed by atoms with Crippen molar-refractivity contribution in [3.8, 4) is 6.07 Å². The maximum atomic E-state index is 8.69. The average molecular weight is 262 g/mol. The molecule has 2 aromatic rings. The summed E-state index contributed by atoms with van der Waals surface area (Å²) in [4.78, 5) is 5.17. The number of hydrogen-bond acceptors (Lipinski definition) is 3. The Morgan fingerprint density at radius 2 is 1.80 bits per heavy atom. The first-order valence-electron chi connectivity index (χ1n) is 6.24. The first-order valence-corrected chi connectivity index (χ1v) is 6.24. The van der Waals surface area contributed by atoms with Gasteiger partial charge in [-0.1, -0.05) is 53.7 Å². The molecule has 0 spiro atoms. The molecule has 2 rings (SSSR count). The summed E-state index contributed by atoms with van der Waals surface area (Å²) in [7, 11) is 0. The van der Waals surface area contributed by atoms with Gasteiger partial charge in [0, 0.05) is 0 Å². The molecule has 0 amide bonds. The highest BCUT2D eigenvalue weighted by Crippen LogP contribution is 2.04. The van der Waals surface area contributed by atoms with Crippen molar-refractivity contribution < 1.29 is 4.84 Å². The van der Waals surface area contributed by atoms with Crippen LogP contribution in [0.4, 0.5) is 0 Å². The first kappa shape index (κ1) is 13.6. The Bertz CT molecular complexity index is 622. The van der Waals surface area contributed by atoms with E-state index in [4.69, 9.17) is 10.1 Å². The van der Waals surface area contributed by atoms with E-state index in [0.717, 1.165) is 11.1 Å². The Morgan fingerprint density at radius 1 is 1.05 bits per heavy atom. The molecule has 0 heterocycles. The number of hydrogen-bond donors (Lipinski definition) is 0. The Hall–Kier alpha value is -2.86. The van der Waals surface area contributed by atoms with E-state index in [1.807, 2.05) is 48.5 Å². The lowest BCUT2D eigenvalue weighted by atomic mass is 10.1. The van der Waals surface area contributed by atoms with Gasteiger partial charge < -0.3 is 4.84 Å². The largest absolute Gasteiger partial charge is 0.391 e. The first-order chi connectivity index (χ1) is 9.88. The van der Waals surface area contributed by atoms with Crippen LogP contribution in [-0.2, 0) is 11.4 Å². The number of benzene rings is 2. The molecule has 0 saturated heterocycles. The number of allylic oxidation sites excluding steroid dienone is 1. The van der Waals surface area contributed by atoms with E-state index < -0.39 is 0 Å². The molecule has 3 heteroatoms. The molecule has 0 aromatic heterocycles. The van der Waals surface area contributed by atoms with Crippen molar-refractivity contribution in [3.05, 3.63) is 77.4 Å². The molecule has 0 unspecified atom stereocenters. The van der Waals surface area contributed by atoms with Crippen molar-refractivity contribution in [3.63, 3.8) is 0 Å². The third-order valence-electron chi connectivity index (χ3n) is 2.62. The highest BCUT2D eigenvalue weighted by Gasteiger charge is 1.89. The van der Waals surface area contributed by atoms with Gasteiger partial charge >= 0.3 is 0 Å². The number of oxime groups is 1. The lowest BCUT2D eigenvalue weighted by Gasteiger charge is -1.97. The summed E-state index contributed by atoms with van der Waals surface area (Å²) in [5.41, 5.74) is 2.75. The predicted octanol–water partition coefficient (Wildman–Crippen LogP) is 3.77. The highest BCUT2D eigenvalue weighted by molar-refractivity contribution is 5.77. The second kappa shape index (κ2) is 7.55. The highest BCUT2D eigenvalue weighted by atomic mass is 16.6. The number of nitriles is 1. The minimum atomic E-state index is 0.460. The van der Waals surface area contributed by atoms with Crippen molar-refractivity contribution >= 4 is 12.3 Å². The van der Waals surface area contributed by atoms with Crippen LogP contribution in [0.15, 0.2) is 65.8 Å². The molecule has 20 heavy (non-hydrogen) atoms. The van der Waals surface area contributed by atoms with Gasteiger partial charge in [0.05, 0.1) is 17.8 Å². The fourth-order valence-corrected chi connectivity index (χ4v) is 1.59. The Balaban J connectivity index is 1.78. The van der Waals surface area contributed by atoms with Gasteiger partial charge in [-0.15, -0.1) is 0 Å². The van der Waals surface area contributed by atoms with Crippen LogP contribution >= 0.6 is 0 Å². The van der Waals surface area contributed by atoms with E-state index in [0.29, 0.717) is 12.2 Å². The van der Waals surface area contributed by atoms with E-state index >= 15 is 0 Å². The molecule has 0 N–H and O–H groups in total. The van der Waals surface area contributed by atoms with Crippen molar-refractivity contribution in [2.75, 3.05) is 0 Å². The summed E-state index contributed by atoms with van der Waals surface area (Å²) in [5, 5.41) is 12.5. The quantitative estimate of drug-likeness (QED) is 0.608. The van der Waals surface area contributed by atoms with Gasteiger partial charge in [0.2, 0.25) is 0 Å². The SMILES string of the molecule is N#Cc1ccc(C=CC=NOCc2ccccc2)cc1. The minimum absolute atomic E-state index is 0.460. The molecule has 0 fully saturated rings. The molecule has 0 atom stereocenters. The topological polar surface area (TPSA) is 45.4 Å². The van der Waals surface area contributed by atoms with Gasteiger partial charge in [0.1, 0.15) is 6.61 Å². The standard InChI is InChI=1S/C17H14N2O/c18-13-16-10-8-15(9-11-16)7-4-12-19-20-14-17-5-2-1-3-6-17/h1-12H,14H2. The second-order valence-corrected chi connectivity index (χ2v) is 4.11. The van der Waals surface area contributed by atoms with Gasteiger partial charge in [0.15, 0.2) is 0 Å². The fraction of sp³-hybridized carbons (Fsp3) is 0.0588. The van der Waals surface area contributed by atoms with Crippen molar-refractivity contribution in [2.45, 2.75) is 6.61 Å². The third-order valence-corrected chi connectivity index (χ3v) is 2.62. The summed E-state index contributed by atoms with van der Waals surface area (Å²) in [5.74, 6) is 0. The molecule has 98 valence electrons. The molecular weight excluding hydrogens is 248 g/mol. The van der Waals surface area contributed by atoms with Gasteiger partial charge in [0.25, 0.3) is 0 Å². The summed E-state index contributed by atoms with van der Waals surface area (Å²) in [6.07, 6.45) is 5.30. The summed E-state index contributed by atoms with van der Waals surface area (Å²) < 4.78 is 0. The molecule has 0 aliphatic heterocycles. The zero-order valence-corrected chi connectivity index (χ0v) is 10.9. The van der Waals surface area contributed by atoms with Crippen LogP contribution in [0, 0.1) is 11.3 Å². The molecule has 0 radical (unpaired) electrons. The Morgan fingerprint density at radius 3 is 2.50 bits per heavy atom. The molecule has 0 saturated carbocycles. The maximum Gasteiger partial charge on any atom is 0.142 e. The van der Waals surface area contributed by atoms with E-state index in [9.17, 15) is 0 Å². The van der Waals surface area contributed by atoms with E-state index in [-0.39, 0.29) is 0 Å². The fourth-order valence-electron chi connectivity index (χ4n) is 1.59. The van der Waals surface area contributed by atoms with Crippen LogP contribution in [0.1, 0.15) is 16.7 Å². The monoisotopic (exact) mass is 262 g/mol. The predicted molar refractivity (Wildman–Crippen MR) is 79.9 cm³/mol. The average Bonchev–Trinajstić information content (AvgIpc) is 2.52. The summed E-state index contributed by atoms with van der Waals surface area (Å²) in [6, 6.07) is 19.3. The molecule has 0 aliphatic rings. The zero-order valence-electron chi connectivity index (χ0n) is 10.9. The van der Waals surface area contributed by atoms with Crippen LogP contribution in [0.25, 0.3) is 6.08 Å². The molecule has 3 nitrogen and oxygen atoms in total. The molecule has 0 aliphatic carbocycles. The summed E-state index contributed by atoms with van der Waals surface area (Å²) in [6.45, 7) is 0.460. The van der Waals surface area contributed by atoms with Crippen LogP contribution in [0.2, 0.25) is 0 Å². The molecular formula is C17H14N2O. The van der Waals surface area contributed by atoms with Crippen molar-refractivity contribution in [1.82, 2.24) is 0 Å². The zero-order chi connectivity index (χ0) is 14.0. The third kappa shape index (κ3) is 4.43. The second-order valence-electron chi connectivity index (χ2n) is 4.11.